The SMILES string of the molecule is O=C(Nc1ccc2ncccc2c1)c1ccc(N2CCCNS2(=O)=O)cc1. The van der Waals surface area contributed by atoms with Crippen molar-refractivity contribution in [3.8, 4) is 0 Å². The number of aromatic nitrogens is 1. The lowest BCUT2D eigenvalue weighted by Crippen LogP contribution is -2.47. The van der Waals surface area contributed by atoms with Gasteiger partial charge in [-0.25, -0.2) is 0 Å². The summed E-state index contributed by atoms with van der Waals surface area (Å²) in [5.41, 5.74) is 2.52. The van der Waals surface area contributed by atoms with E-state index in [4.69, 9.17) is 0 Å². The molecular weight excluding hydrogens is 364 g/mol. The summed E-state index contributed by atoms with van der Waals surface area (Å²) >= 11 is 0. The molecule has 3 aromatic rings. The third kappa shape index (κ3) is 3.62. The van der Waals surface area contributed by atoms with Crippen molar-refractivity contribution in [2.75, 3.05) is 22.7 Å². The van der Waals surface area contributed by atoms with Gasteiger partial charge >= 0.3 is 10.2 Å². The Morgan fingerprint density at radius 3 is 2.70 bits per heavy atom. The Balaban J connectivity index is 1.52. The zero-order valence-electron chi connectivity index (χ0n) is 14.4. The molecule has 1 fully saturated rings. The number of fused-ring (bicyclic) bond motifs is 1. The molecule has 0 aliphatic carbocycles. The van der Waals surface area contributed by atoms with Crippen LogP contribution in [0.25, 0.3) is 10.9 Å². The molecule has 0 saturated carbocycles. The van der Waals surface area contributed by atoms with Crippen LogP contribution < -0.4 is 14.3 Å². The van der Waals surface area contributed by atoms with E-state index in [1.807, 2.05) is 24.3 Å². The molecule has 1 aliphatic heterocycles. The maximum atomic E-state index is 12.5. The van der Waals surface area contributed by atoms with Crippen molar-refractivity contribution in [3.63, 3.8) is 0 Å². The summed E-state index contributed by atoms with van der Waals surface area (Å²) in [4.78, 5) is 16.7. The highest BCUT2D eigenvalue weighted by atomic mass is 32.2. The normalized spacial score (nSPS) is 16.2. The van der Waals surface area contributed by atoms with Crippen LogP contribution >= 0.6 is 0 Å². The molecule has 27 heavy (non-hydrogen) atoms. The van der Waals surface area contributed by atoms with Gasteiger partial charge in [0.05, 0.1) is 11.2 Å². The van der Waals surface area contributed by atoms with Crippen LogP contribution in [0.5, 0.6) is 0 Å². The predicted octanol–water partition coefficient (Wildman–Crippen LogP) is 2.53. The first-order valence-electron chi connectivity index (χ1n) is 8.56. The molecule has 1 amide bonds. The number of nitrogens with zero attached hydrogens (tertiary/aromatic N) is 2. The molecule has 0 unspecified atom stereocenters. The first kappa shape index (κ1) is 17.4. The van der Waals surface area contributed by atoms with Crippen LogP contribution in [-0.2, 0) is 10.2 Å². The maximum absolute atomic E-state index is 12.5. The van der Waals surface area contributed by atoms with Crippen LogP contribution in [0.3, 0.4) is 0 Å². The van der Waals surface area contributed by atoms with E-state index in [1.165, 1.54) is 4.31 Å². The van der Waals surface area contributed by atoms with Gasteiger partial charge in [0, 0.05) is 35.9 Å². The van der Waals surface area contributed by atoms with Gasteiger partial charge in [-0.15, -0.1) is 0 Å². The molecule has 4 rings (SSSR count). The van der Waals surface area contributed by atoms with Gasteiger partial charge in [0.25, 0.3) is 5.91 Å². The van der Waals surface area contributed by atoms with Gasteiger partial charge in [0.1, 0.15) is 0 Å². The van der Waals surface area contributed by atoms with Crippen LogP contribution in [-0.4, -0.2) is 32.4 Å². The fourth-order valence-electron chi connectivity index (χ4n) is 3.03. The Hall–Kier alpha value is -2.97. The Kier molecular flexibility index (Phi) is 4.51. The van der Waals surface area contributed by atoms with Crippen LogP contribution in [0.2, 0.25) is 0 Å². The summed E-state index contributed by atoms with van der Waals surface area (Å²) in [7, 11) is -3.50. The molecule has 0 radical (unpaired) electrons. The second-order valence-electron chi connectivity index (χ2n) is 6.24. The third-order valence-electron chi connectivity index (χ3n) is 4.39. The molecule has 138 valence electrons. The number of hydrogen-bond donors (Lipinski definition) is 2. The summed E-state index contributed by atoms with van der Waals surface area (Å²) in [6, 6.07) is 15.8. The molecule has 2 heterocycles. The lowest BCUT2D eigenvalue weighted by molar-refractivity contribution is 0.102. The number of carbonyl (C=O) groups is 1. The van der Waals surface area contributed by atoms with E-state index in [1.54, 1.807) is 36.5 Å². The van der Waals surface area contributed by atoms with E-state index in [2.05, 4.69) is 15.0 Å². The fourth-order valence-corrected chi connectivity index (χ4v) is 4.35. The number of rotatable bonds is 3. The largest absolute Gasteiger partial charge is 0.322 e. The zero-order chi connectivity index (χ0) is 18.9. The highest BCUT2D eigenvalue weighted by molar-refractivity contribution is 7.90. The van der Waals surface area contributed by atoms with Gasteiger partial charge in [-0.1, -0.05) is 6.07 Å². The average molecular weight is 382 g/mol. The Bertz CT molecular complexity index is 1100. The van der Waals surface area contributed by atoms with Crippen molar-refractivity contribution >= 4 is 38.4 Å². The number of benzene rings is 2. The van der Waals surface area contributed by atoms with Crippen molar-refractivity contribution in [2.24, 2.45) is 0 Å². The number of anilines is 2. The van der Waals surface area contributed by atoms with Gasteiger partial charge in [0.2, 0.25) is 0 Å². The van der Waals surface area contributed by atoms with E-state index < -0.39 is 10.2 Å². The topological polar surface area (TPSA) is 91.4 Å². The molecule has 2 N–H and O–H groups in total. The summed E-state index contributed by atoms with van der Waals surface area (Å²) in [6.07, 6.45) is 2.46. The van der Waals surface area contributed by atoms with E-state index in [9.17, 15) is 13.2 Å². The van der Waals surface area contributed by atoms with Crippen molar-refractivity contribution in [1.82, 2.24) is 9.71 Å². The molecule has 0 atom stereocenters. The molecule has 8 heteroatoms. The van der Waals surface area contributed by atoms with Crippen LogP contribution in [0.15, 0.2) is 60.8 Å². The second-order valence-corrected chi connectivity index (χ2v) is 7.92. The Morgan fingerprint density at radius 2 is 1.93 bits per heavy atom. The van der Waals surface area contributed by atoms with Crippen molar-refractivity contribution in [2.45, 2.75) is 6.42 Å². The minimum Gasteiger partial charge on any atom is -0.322 e. The minimum atomic E-state index is -3.50. The van der Waals surface area contributed by atoms with E-state index in [-0.39, 0.29) is 5.91 Å². The monoisotopic (exact) mass is 382 g/mol. The minimum absolute atomic E-state index is 0.260. The van der Waals surface area contributed by atoms with Gasteiger partial charge in [0.15, 0.2) is 0 Å². The zero-order valence-corrected chi connectivity index (χ0v) is 15.2. The highest BCUT2D eigenvalue weighted by Gasteiger charge is 2.25. The molecule has 1 aromatic heterocycles. The summed E-state index contributed by atoms with van der Waals surface area (Å²) in [6.45, 7) is 0.868. The molecule has 0 spiro atoms. The second kappa shape index (κ2) is 6.98. The van der Waals surface area contributed by atoms with Crippen LogP contribution in [0.4, 0.5) is 11.4 Å². The summed E-state index contributed by atoms with van der Waals surface area (Å²) in [5, 5.41) is 3.79. The average Bonchev–Trinajstić information content (AvgIpc) is 2.68. The van der Waals surface area contributed by atoms with Crippen LogP contribution in [0.1, 0.15) is 16.8 Å². The van der Waals surface area contributed by atoms with Gasteiger partial charge in [-0.05, 0) is 55.0 Å². The predicted molar refractivity (Wildman–Crippen MR) is 105 cm³/mol. The molecule has 2 aromatic carbocycles. The molecular formula is C19H18N4O3S. The highest BCUT2D eigenvalue weighted by Crippen LogP contribution is 2.22. The standard InChI is InChI=1S/C19H18N4O3S/c24-19(22-16-6-9-18-15(13-16)3-1-10-20-18)14-4-7-17(8-5-14)23-12-2-11-21-27(23,25)26/h1,3-10,13,21H,2,11-12H2,(H,22,24). The molecule has 1 aliphatic rings. The van der Waals surface area contributed by atoms with Crippen molar-refractivity contribution in [3.05, 3.63) is 66.4 Å². The first-order valence-corrected chi connectivity index (χ1v) is 10.0. The summed E-state index contributed by atoms with van der Waals surface area (Å²) in [5.74, 6) is -0.260. The molecule has 1 saturated heterocycles. The molecule has 7 nitrogen and oxygen atoms in total. The van der Waals surface area contributed by atoms with E-state index in [0.29, 0.717) is 30.0 Å². The molecule has 0 bridgehead atoms. The maximum Gasteiger partial charge on any atom is 0.301 e. The quantitative estimate of drug-likeness (QED) is 0.728. The fraction of sp³-hybridized carbons (Fsp3) is 0.158. The number of hydrogen-bond acceptors (Lipinski definition) is 4. The number of amides is 1. The number of pyridine rings is 1. The van der Waals surface area contributed by atoms with E-state index in [0.717, 1.165) is 17.3 Å². The van der Waals surface area contributed by atoms with Crippen molar-refractivity contribution in [1.29, 1.82) is 0 Å². The Morgan fingerprint density at radius 1 is 1.11 bits per heavy atom. The number of nitrogens with one attached hydrogen (secondary N) is 2. The number of carbonyl (C=O) groups excluding carboxylic acids is 1. The van der Waals surface area contributed by atoms with Gasteiger partial charge in [-0.2, -0.15) is 13.1 Å². The smallest absolute Gasteiger partial charge is 0.301 e. The Labute approximate surface area is 157 Å². The van der Waals surface area contributed by atoms with Crippen LogP contribution in [0, 0.1) is 0 Å². The first-order chi connectivity index (χ1) is 13.0. The summed E-state index contributed by atoms with van der Waals surface area (Å²) < 4.78 is 28.0. The third-order valence-corrected chi connectivity index (χ3v) is 5.93. The lowest BCUT2D eigenvalue weighted by atomic mass is 10.1. The van der Waals surface area contributed by atoms with Crippen molar-refractivity contribution < 1.29 is 13.2 Å². The van der Waals surface area contributed by atoms with Gasteiger partial charge < -0.3 is 5.32 Å². The lowest BCUT2D eigenvalue weighted by Gasteiger charge is -2.28. The van der Waals surface area contributed by atoms with E-state index >= 15 is 0 Å². The van der Waals surface area contributed by atoms with Gasteiger partial charge in [-0.3, -0.25) is 14.1 Å².